The van der Waals surface area contributed by atoms with E-state index in [0.29, 0.717) is 0 Å². The van der Waals surface area contributed by atoms with Crippen molar-refractivity contribution in [2.24, 2.45) is 5.73 Å². The molecule has 2 aromatic carbocycles. The van der Waals surface area contributed by atoms with Gasteiger partial charge in [0, 0.05) is 4.90 Å². The fraction of sp³-hybridized carbons (Fsp3) is 0. The Hall–Kier alpha value is -1.94. The first-order chi connectivity index (χ1) is 8.25. The summed E-state index contributed by atoms with van der Waals surface area (Å²) in [6, 6.07) is 17.4. The van der Waals surface area contributed by atoms with Gasteiger partial charge in [-0.1, -0.05) is 42.5 Å². The topological polar surface area (TPSA) is 55.1 Å². The Kier molecular flexibility index (Phi) is 3.67. The molecule has 3 N–H and O–H groups in total. The summed E-state index contributed by atoms with van der Waals surface area (Å²) in [5.74, 6) is 0. The van der Waals surface area contributed by atoms with Crippen molar-refractivity contribution in [2.75, 3.05) is 0 Å². The minimum Gasteiger partial charge on any atom is -0.351 e. The summed E-state index contributed by atoms with van der Waals surface area (Å²) >= 11 is 1.21. The van der Waals surface area contributed by atoms with Crippen LogP contribution in [0.2, 0.25) is 0 Å². The molecule has 0 radical (unpaired) electrons. The zero-order valence-electron chi connectivity index (χ0n) is 9.09. The van der Waals surface area contributed by atoms with Crippen LogP contribution in [-0.4, -0.2) is 6.03 Å². The fourth-order valence-electron chi connectivity index (χ4n) is 1.48. The van der Waals surface area contributed by atoms with E-state index < -0.39 is 6.03 Å². The number of urea groups is 1. The standard InChI is InChI=1S/C13H12N2OS/c14-13(16)15-17-12-8-4-7-11(9-12)10-5-2-1-3-6-10/h1-9H,(H3,14,15,16). The van der Waals surface area contributed by atoms with Gasteiger partial charge in [0.1, 0.15) is 0 Å². The van der Waals surface area contributed by atoms with Gasteiger partial charge in [-0.2, -0.15) is 0 Å². The zero-order valence-corrected chi connectivity index (χ0v) is 9.91. The lowest BCUT2D eigenvalue weighted by molar-refractivity contribution is 0.254. The fourth-order valence-corrected chi connectivity index (χ4v) is 2.03. The second-order valence-corrected chi connectivity index (χ2v) is 4.34. The molecular weight excluding hydrogens is 232 g/mol. The van der Waals surface area contributed by atoms with Crippen molar-refractivity contribution in [1.29, 1.82) is 0 Å². The second kappa shape index (κ2) is 5.41. The first kappa shape index (κ1) is 11.5. The quantitative estimate of drug-likeness (QED) is 0.815. The maximum absolute atomic E-state index is 10.6. The Labute approximate surface area is 104 Å². The second-order valence-electron chi connectivity index (χ2n) is 3.46. The third-order valence-corrected chi connectivity index (χ3v) is 3.00. The van der Waals surface area contributed by atoms with Gasteiger partial charge in [0.05, 0.1) is 0 Å². The van der Waals surface area contributed by atoms with Crippen molar-refractivity contribution in [1.82, 2.24) is 4.72 Å². The number of primary amides is 1. The number of carbonyl (C=O) groups excluding carboxylic acids is 1. The van der Waals surface area contributed by atoms with Gasteiger partial charge in [-0.3, -0.25) is 4.72 Å². The van der Waals surface area contributed by atoms with E-state index in [1.807, 2.05) is 54.6 Å². The lowest BCUT2D eigenvalue weighted by atomic mass is 10.1. The van der Waals surface area contributed by atoms with Crippen molar-refractivity contribution in [3.8, 4) is 11.1 Å². The van der Waals surface area contributed by atoms with E-state index in [2.05, 4.69) is 4.72 Å². The average Bonchev–Trinajstić information content (AvgIpc) is 2.38. The van der Waals surface area contributed by atoms with E-state index in [9.17, 15) is 4.79 Å². The van der Waals surface area contributed by atoms with Crippen LogP contribution >= 0.6 is 11.9 Å². The van der Waals surface area contributed by atoms with Crippen molar-refractivity contribution in [3.05, 3.63) is 54.6 Å². The molecule has 0 atom stereocenters. The molecule has 0 bridgehead atoms. The molecule has 0 saturated carbocycles. The largest absolute Gasteiger partial charge is 0.351 e. The molecule has 0 spiro atoms. The number of benzene rings is 2. The number of hydrogen-bond acceptors (Lipinski definition) is 2. The number of nitrogens with two attached hydrogens (primary N) is 1. The molecule has 0 fully saturated rings. The summed E-state index contributed by atoms with van der Waals surface area (Å²) in [7, 11) is 0. The van der Waals surface area contributed by atoms with Crippen molar-refractivity contribution < 1.29 is 4.79 Å². The number of hydrogen-bond donors (Lipinski definition) is 2. The number of carbonyl (C=O) groups is 1. The van der Waals surface area contributed by atoms with Gasteiger partial charge in [-0.05, 0) is 35.2 Å². The molecule has 86 valence electrons. The molecule has 2 amide bonds. The maximum Gasteiger partial charge on any atom is 0.322 e. The van der Waals surface area contributed by atoms with Crippen LogP contribution < -0.4 is 10.5 Å². The van der Waals surface area contributed by atoms with Crippen LogP contribution in [0.1, 0.15) is 0 Å². The summed E-state index contributed by atoms with van der Waals surface area (Å²) in [5, 5.41) is 0. The molecule has 17 heavy (non-hydrogen) atoms. The van der Waals surface area contributed by atoms with Gasteiger partial charge < -0.3 is 5.73 Å². The summed E-state index contributed by atoms with van der Waals surface area (Å²) in [4.78, 5) is 11.6. The first-order valence-corrected chi connectivity index (χ1v) is 5.95. The van der Waals surface area contributed by atoms with E-state index in [1.165, 1.54) is 11.9 Å². The van der Waals surface area contributed by atoms with Gasteiger partial charge >= 0.3 is 6.03 Å². The average molecular weight is 244 g/mol. The molecule has 0 aliphatic heterocycles. The van der Waals surface area contributed by atoms with E-state index in [4.69, 9.17) is 5.73 Å². The van der Waals surface area contributed by atoms with Gasteiger partial charge in [0.2, 0.25) is 0 Å². The summed E-state index contributed by atoms with van der Waals surface area (Å²) in [5.41, 5.74) is 7.28. The van der Waals surface area contributed by atoms with Gasteiger partial charge in [0.15, 0.2) is 0 Å². The van der Waals surface area contributed by atoms with Crippen LogP contribution in [0.4, 0.5) is 4.79 Å². The molecule has 0 aromatic heterocycles. The monoisotopic (exact) mass is 244 g/mol. The molecular formula is C13H12N2OS. The third-order valence-electron chi connectivity index (χ3n) is 2.21. The minimum absolute atomic E-state index is 0.542. The smallest absolute Gasteiger partial charge is 0.322 e. The third kappa shape index (κ3) is 3.26. The highest BCUT2D eigenvalue weighted by molar-refractivity contribution is 7.98. The summed E-state index contributed by atoms with van der Waals surface area (Å²) in [6.07, 6.45) is 0. The highest BCUT2D eigenvalue weighted by Crippen LogP contribution is 2.23. The zero-order chi connectivity index (χ0) is 12.1. The van der Waals surface area contributed by atoms with Gasteiger partial charge in [-0.25, -0.2) is 4.79 Å². The first-order valence-electron chi connectivity index (χ1n) is 5.13. The molecule has 0 unspecified atom stereocenters. The Balaban J connectivity index is 2.20. The Morgan fingerprint density at radius 1 is 1.00 bits per heavy atom. The normalized spacial score (nSPS) is 9.88. The van der Waals surface area contributed by atoms with Crippen molar-refractivity contribution >= 4 is 18.0 Å². The molecule has 0 saturated heterocycles. The van der Waals surface area contributed by atoms with Crippen molar-refractivity contribution in [3.63, 3.8) is 0 Å². The summed E-state index contributed by atoms with van der Waals surface area (Å²) in [6.45, 7) is 0. The van der Waals surface area contributed by atoms with Crippen LogP contribution in [0.5, 0.6) is 0 Å². The Morgan fingerprint density at radius 3 is 2.41 bits per heavy atom. The van der Waals surface area contributed by atoms with Gasteiger partial charge in [0.25, 0.3) is 0 Å². The Morgan fingerprint density at radius 2 is 1.71 bits per heavy atom. The van der Waals surface area contributed by atoms with Crippen LogP contribution in [0, 0.1) is 0 Å². The van der Waals surface area contributed by atoms with Crippen LogP contribution in [0.25, 0.3) is 11.1 Å². The van der Waals surface area contributed by atoms with E-state index in [0.717, 1.165) is 16.0 Å². The molecule has 0 aliphatic carbocycles. The lowest BCUT2D eigenvalue weighted by Gasteiger charge is -2.05. The highest BCUT2D eigenvalue weighted by Gasteiger charge is 2.00. The van der Waals surface area contributed by atoms with Crippen molar-refractivity contribution in [2.45, 2.75) is 4.90 Å². The van der Waals surface area contributed by atoms with E-state index in [-0.39, 0.29) is 0 Å². The number of rotatable bonds is 3. The predicted molar refractivity (Wildman–Crippen MR) is 70.5 cm³/mol. The predicted octanol–water partition coefficient (Wildman–Crippen LogP) is 3.03. The van der Waals surface area contributed by atoms with Gasteiger partial charge in [-0.15, -0.1) is 0 Å². The Bertz CT molecular complexity index is 514. The number of amides is 2. The van der Waals surface area contributed by atoms with E-state index >= 15 is 0 Å². The molecule has 3 nitrogen and oxygen atoms in total. The van der Waals surface area contributed by atoms with Crippen LogP contribution in [0.15, 0.2) is 59.5 Å². The minimum atomic E-state index is -0.542. The van der Waals surface area contributed by atoms with Crippen LogP contribution in [0.3, 0.4) is 0 Å². The number of nitrogens with one attached hydrogen (secondary N) is 1. The van der Waals surface area contributed by atoms with E-state index in [1.54, 1.807) is 0 Å². The van der Waals surface area contributed by atoms with Crippen LogP contribution in [-0.2, 0) is 0 Å². The molecule has 2 rings (SSSR count). The molecule has 2 aromatic rings. The molecule has 0 heterocycles. The SMILES string of the molecule is NC(=O)NSc1cccc(-c2ccccc2)c1. The maximum atomic E-state index is 10.6. The molecule has 0 aliphatic rings. The summed E-state index contributed by atoms with van der Waals surface area (Å²) < 4.78 is 2.50. The highest BCUT2D eigenvalue weighted by atomic mass is 32.2. The molecule has 4 heteroatoms. The lowest BCUT2D eigenvalue weighted by Crippen LogP contribution is -2.22.